The molecule has 210 valence electrons. The molecule has 0 amide bonds. The van der Waals surface area contributed by atoms with Crippen LogP contribution in [0, 0.1) is 0 Å². The highest BCUT2D eigenvalue weighted by molar-refractivity contribution is 6.21. The molecule has 0 radical (unpaired) electrons. The van der Waals surface area contributed by atoms with Crippen LogP contribution in [0.1, 0.15) is 15.1 Å². The Bertz CT molecular complexity index is 3350. The van der Waals surface area contributed by atoms with Crippen molar-refractivity contribution < 1.29 is 23.9 Å². The summed E-state index contributed by atoms with van der Waals surface area (Å²) in [6.45, 7) is 0. The average molecular weight is 587 g/mol. The van der Waals surface area contributed by atoms with E-state index in [4.69, 9.17) is 21.2 Å². The Labute approximate surface area is 273 Å². The van der Waals surface area contributed by atoms with Gasteiger partial charge in [0.05, 0.1) is 26.1 Å². The molecule has 0 bridgehead atoms. The Morgan fingerprint density at radius 1 is 0.467 bits per heavy atom. The van der Waals surface area contributed by atoms with Gasteiger partial charge in [-0.2, -0.15) is 0 Å². The van der Waals surface area contributed by atoms with E-state index in [2.05, 4.69) is 22.8 Å². The van der Waals surface area contributed by atoms with Crippen LogP contribution >= 0.6 is 0 Å². The first kappa shape index (κ1) is 16.1. The van der Waals surface area contributed by atoms with E-state index in [1.807, 2.05) is 54.6 Å². The van der Waals surface area contributed by atoms with E-state index in [0.717, 1.165) is 49.4 Å². The number of hydrogen-bond donors (Lipinski definition) is 0. The normalized spacial score (nSPS) is 15.4. The fraction of sp³-hybridized carbons (Fsp3) is 0. The molecular formula is C42H25NO2. The van der Waals surface area contributed by atoms with Crippen molar-refractivity contribution in [1.29, 1.82) is 0 Å². The van der Waals surface area contributed by atoms with Gasteiger partial charge < -0.3 is 13.4 Å². The molecule has 0 saturated heterocycles. The SMILES string of the molecule is [2H]c1c([2H])c([2H])c(-c2c([2H])c(-c3ccc(-n4c5ccccc5c5ccc6c7ccccc7oc6c54)cc3)c([2H])c3c2oc2c([2H])c([2H])c([2H])c([2H])c23)c([2H])c1[2H]. The third-order valence-electron chi connectivity index (χ3n) is 8.40. The van der Waals surface area contributed by atoms with Gasteiger partial charge in [-0.15, -0.1) is 0 Å². The first-order valence-electron chi connectivity index (χ1n) is 19.9. The van der Waals surface area contributed by atoms with Crippen molar-refractivity contribution in [2.75, 3.05) is 0 Å². The maximum atomic E-state index is 9.55. The van der Waals surface area contributed by atoms with Crippen molar-refractivity contribution in [1.82, 2.24) is 4.57 Å². The minimum Gasteiger partial charge on any atom is -0.455 e. The van der Waals surface area contributed by atoms with Crippen LogP contribution in [0.2, 0.25) is 0 Å². The molecule has 10 rings (SSSR count). The number of nitrogens with zero attached hydrogens (tertiary/aromatic N) is 1. The van der Waals surface area contributed by atoms with Crippen LogP contribution in [0.5, 0.6) is 0 Å². The van der Waals surface area contributed by atoms with Crippen molar-refractivity contribution in [3.05, 3.63) is 151 Å². The summed E-state index contributed by atoms with van der Waals surface area (Å²) >= 11 is 0. The second kappa shape index (κ2) is 9.22. The molecule has 0 fully saturated rings. The summed E-state index contributed by atoms with van der Waals surface area (Å²) in [5.41, 5.74) is 3.31. The van der Waals surface area contributed by atoms with Crippen LogP contribution in [-0.2, 0) is 0 Å². The van der Waals surface area contributed by atoms with Crippen molar-refractivity contribution in [2.24, 2.45) is 0 Å². The Kier molecular flexibility index (Phi) is 3.31. The number of benzene rings is 7. The zero-order chi connectivity index (χ0) is 39.1. The Morgan fingerprint density at radius 2 is 1.20 bits per heavy atom. The highest BCUT2D eigenvalue weighted by atomic mass is 16.3. The lowest BCUT2D eigenvalue weighted by Crippen LogP contribution is -1.94. The van der Waals surface area contributed by atoms with Gasteiger partial charge in [-0.1, -0.05) is 103 Å². The van der Waals surface area contributed by atoms with E-state index in [0.29, 0.717) is 5.56 Å². The van der Waals surface area contributed by atoms with Crippen molar-refractivity contribution in [2.45, 2.75) is 0 Å². The molecule has 0 atom stereocenters. The molecule has 0 aliphatic carbocycles. The van der Waals surface area contributed by atoms with E-state index >= 15 is 0 Å². The summed E-state index contributed by atoms with van der Waals surface area (Å²) in [4.78, 5) is 0. The van der Waals surface area contributed by atoms with Crippen molar-refractivity contribution in [3.8, 4) is 27.9 Å². The first-order chi connectivity index (χ1) is 26.9. The molecule has 0 aliphatic rings. The molecule has 10 aromatic rings. The van der Waals surface area contributed by atoms with Gasteiger partial charge >= 0.3 is 0 Å². The van der Waals surface area contributed by atoms with Crippen LogP contribution in [0.3, 0.4) is 0 Å². The van der Waals surface area contributed by atoms with Gasteiger partial charge in [-0.05, 0) is 65.1 Å². The van der Waals surface area contributed by atoms with Gasteiger partial charge in [0, 0.05) is 43.6 Å². The number of aromatic nitrogens is 1. The van der Waals surface area contributed by atoms with Gasteiger partial charge in [-0.25, -0.2) is 0 Å². The third-order valence-corrected chi connectivity index (χ3v) is 8.40. The van der Waals surface area contributed by atoms with Crippen LogP contribution < -0.4 is 0 Å². The smallest absolute Gasteiger partial charge is 0.160 e. The van der Waals surface area contributed by atoms with E-state index in [9.17, 15) is 2.74 Å². The lowest BCUT2D eigenvalue weighted by Gasteiger charge is -2.11. The summed E-state index contributed by atoms with van der Waals surface area (Å²) in [6, 6.07) is 21.3. The molecular weight excluding hydrogens is 550 g/mol. The summed E-state index contributed by atoms with van der Waals surface area (Å²) in [7, 11) is 0. The highest BCUT2D eigenvalue weighted by Gasteiger charge is 2.19. The Morgan fingerprint density at radius 3 is 2.09 bits per heavy atom. The summed E-state index contributed by atoms with van der Waals surface area (Å²) in [5, 5.41) is 3.78. The maximum absolute atomic E-state index is 9.55. The number of fused-ring (bicyclic) bond motifs is 10. The molecule has 3 heterocycles. The minimum atomic E-state index is -0.639. The number of hydrogen-bond acceptors (Lipinski definition) is 2. The molecule has 45 heavy (non-hydrogen) atoms. The zero-order valence-electron chi connectivity index (χ0n) is 34.3. The van der Waals surface area contributed by atoms with Crippen LogP contribution in [-0.4, -0.2) is 4.57 Å². The van der Waals surface area contributed by atoms with Gasteiger partial charge in [0.15, 0.2) is 5.58 Å². The molecule has 0 N–H and O–H groups in total. The monoisotopic (exact) mass is 586 g/mol. The molecule has 0 unspecified atom stereocenters. The molecule has 3 nitrogen and oxygen atoms in total. The number of rotatable bonds is 3. The lowest BCUT2D eigenvalue weighted by atomic mass is 9.95. The van der Waals surface area contributed by atoms with Gasteiger partial charge in [0.1, 0.15) is 16.7 Å². The van der Waals surface area contributed by atoms with Crippen molar-refractivity contribution in [3.63, 3.8) is 0 Å². The summed E-state index contributed by atoms with van der Waals surface area (Å²) in [6.07, 6.45) is 0. The van der Waals surface area contributed by atoms with Crippen LogP contribution in [0.15, 0.2) is 160 Å². The van der Waals surface area contributed by atoms with Gasteiger partial charge in [0.2, 0.25) is 0 Å². The van der Waals surface area contributed by atoms with E-state index in [1.165, 1.54) is 0 Å². The number of para-hydroxylation sites is 3. The quantitative estimate of drug-likeness (QED) is 0.206. The lowest BCUT2D eigenvalue weighted by molar-refractivity contribution is 0.670. The molecule has 0 aliphatic heterocycles. The van der Waals surface area contributed by atoms with Gasteiger partial charge in [-0.3, -0.25) is 0 Å². The highest BCUT2D eigenvalue weighted by Crippen LogP contribution is 2.42. The van der Waals surface area contributed by atoms with Crippen LogP contribution in [0.25, 0.3) is 93.6 Å². The fourth-order valence-corrected chi connectivity index (χ4v) is 6.43. The average Bonchev–Trinajstić information content (AvgIpc) is 3.90. The predicted molar refractivity (Wildman–Crippen MR) is 186 cm³/mol. The second-order valence-corrected chi connectivity index (χ2v) is 10.8. The largest absolute Gasteiger partial charge is 0.455 e. The van der Waals surface area contributed by atoms with E-state index in [-0.39, 0.29) is 50.7 Å². The molecule has 7 aromatic carbocycles. The first-order valence-corrected chi connectivity index (χ1v) is 14.4. The fourth-order valence-electron chi connectivity index (χ4n) is 6.43. The number of furan rings is 2. The zero-order valence-corrected chi connectivity index (χ0v) is 23.3. The Hall–Kier alpha value is -6.06. The van der Waals surface area contributed by atoms with Gasteiger partial charge in [0.25, 0.3) is 0 Å². The molecule has 3 aromatic heterocycles. The predicted octanol–water partition coefficient (Wildman–Crippen LogP) is 11.9. The molecule has 3 heteroatoms. The summed E-state index contributed by atoms with van der Waals surface area (Å²) < 4.78 is 110. The van der Waals surface area contributed by atoms with Crippen molar-refractivity contribution >= 4 is 65.7 Å². The molecule has 0 saturated carbocycles. The van der Waals surface area contributed by atoms with E-state index in [1.54, 1.807) is 12.1 Å². The maximum Gasteiger partial charge on any atom is 0.160 e. The molecule has 0 spiro atoms. The second-order valence-electron chi connectivity index (χ2n) is 10.8. The minimum absolute atomic E-state index is 0.0165. The third kappa shape index (κ3) is 3.52. The van der Waals surface area contributed by atoms with E-state index < -0.39 is 54.4 Å². The Balaban J connectivity index is 1.28. The topological polar surface area (TPSA) is 31.2 Å². The summed E-state index contributed by atoms with van der Waals surface area (Å²) in [5.74, 6) is 0. The van der Waals surface area contributed by atoms with Crippen LogP contribution in [0.4, 0.5) is 0 Å². The standard InChI is InChI=1S/C42H25NO2/c1-2-10-27(11-3-1)35-24-28(25-36-32-14-6-9-17-39(32)44-41(35)36)26-18-20-29(21-19-26)43-37-15-7-4-12-30(37)33-22-23-34-31-13-5-8-16-38(31)45-42(34)40(33)43/h1-25H/i1D,2D,3D,6D,9D,10D,11D,14D,17D,24D,25D.